The van der Waals surface area contributed by atoms with Gasteiger partial charge in [-0.05, 0) is 30.7 Å². The van der Waals surface area contributed by atoms with Crippen LogP contribution in [0.25, 0.3) is 43.6 Å². The van der Waals surface area contributed by atoms with Crippen LogP contribution in [0.4, 0.5) is 0 Å². The highest BCUT2D eigenvalue weighted by Crippen LogP contribution is 2.47. The second-order valence-corrected chi connectivity index (χ2v) is 9.28. The molecule has 2 aromatic heterocycles. The second-order valence-electron chi connectivity index (χ2n) is 9.28. The minimum absolute atomic E-state index is 0.122. The molecule has 3 aromatic carbocycles. The molecular weight excluding hydrogens is 450 g/mol. The number of hydrogen-bond acceptors (Lipinski definition) is 6. The molecule has 9 nitrogen and oxygen atoms in total. The van der Waals surface area contributed by atoms with E-state index >= 15 is 0 Å². The van der Waals surface area contributed by atoms with Gasteiger partial charge in [0, 0.05) is 32.6 Å². The highest BCUT2D eigenvalue weighted by atomic mass is 16.5. The lowest BCUT2D eigenvalue weighted by Crippen LogP contribution is -2.31. The first-order chi connectivity index (χ1) is 16.9. The Kier molecular flexibility index (Phi) is 3.98. The number of benzene rings is 3. The van der Waals surface area contributed by atoms with Gasteiger partial charge in [-0.25, -0.2) is 0 Å². The van der Waals surface area contributed by atoms with Crippen molar-refractivity contribution < 1.29 is 29.6 Å². The Balaban J connectivity index is 1.77. The highest BCUT2D eigenvalue weighted by molar-refractivity contribution is 6.39. The summed E-state index contributed by atoms with van der Waals surface area (Å²) in [7, 11) is 1.55. The van der Waals surface area contributed by atoms with E-state index in [0.717, 1.165) is 10.9 Å². The van der Waals surface area contributed by atoms with Gasteiger partial charge in [0.15, 0.2) is 0 Å². The lowest BCUT2D eigenvalue weighted by Gasteiger charge is -2.21. The Morgan fingerprint density at radius 1 is 0.943 bits per heavy atom. The minimum atomic E-state index is -1.30. The van der Waals surface area contributed by atoms with Gasteiger partial charge in [-0.3, -0.25) is 14.9 Å². The maximum atomic E-state index is 13.2. The lowest BCUT2D eigenvalue weighted by atomic mass is 9.96. The predicted molar refractivity (Wildman–Crippen MR) is 129 cm³/mol. The predicted octanol–water partition coefficient (Wildman–Crippen LogP) is 2.35. The summed E-state index contributed by atoms with van der Waals surface area (Å²) in [5.74, 6) is -0.382. The maximum absolute atomic E-state index is 13.2. The zero-order valence-electron chi connectivity index (χ0n) is 18.6. The smallest absolute Gasteiger partial charge is 0.259 e. The fourth-order valence-corrected chi connectivity index (χ4v) is 6.01. The summed E-state index contributed by atoms with van der Waals surface area (Å²) in [6, 6.07) is 12.3. The number of hydrogen-bond donors (Lipinski definition) is 5. The highest BCUT2D eigenvalue weighted by Gasteiger charge is 2.44. The number of ether oxygens (including phenoxy) is 1. The molecule has 0 saturated heterocycles. The molecule has 1 aliphatic heterocycles. The normalized spacial score (nSPS) is 24.2. The van der Waals surface area contributed by atoms with E-state index in [9.17, 15) is 24.9 Å². The minimum Gasteiger partial charge on any atom is -0.497 e. The molecule has 5 aromatic rings. The fourth-order valence-electron chi connectivity index (χ4n) is 6.01. The van der Waals surface area contributed by atoms with Crippen LogP contribution < -0.4 is 10.1 Å². The van der Waals surface area contributed by atoms with Crippen molar-refractivity contribution in [2.75, 3.05) is 7.11 Å². The van der Waals surface area contributed by atoms with Gasteiger partial charge in [-0.2, -0.15) is 0 Å². The number of amides is 2. The second kappa shape index (κ2) is 6.82. The largest absolute Gasteiger partial charge is 0.497 e. The lowest BCUT2D eigenvalue weighted by molar-refractivity contribution is -0.0241. The van der Waals surface area contributed by atoms with E-state index in [4.69, 9.17) is 4.74 Å². The Hall–Kier alpha value is -3.92. The summed E-state index contributed by atoms with van der Waals surface area (Å²) in [4.78, 5) is 29.7. The van der Waals surface area contributed by atoms with Gasteiger partial charge < -0.3 is 29.6 Å². The van der Waals surface area contributed by atoms with Gasteiger partial charge in [0.25, 0.3) is 11.8 Å². The van der Waals surface area contributed by atoms with Crippen molar-refractivity contribution in [2.24, 2.45) is 0 Å². The molecule has 4 atom stereocenters. The maximum Gasteiger partial charge on any atom is 0.259 e. The molecule has 1 unspecified atom stereocenters. The van der Waals surface area contributed by atoms with Crippen LogP contribution in [0.2, 0.25) is 0 Å². The molecule has 35 heavy (non-hydrogen) atoms. The van der Waals surface area contributed by atoms with Gasteiger partial charge in [0.05, 0.1) is 41.4 Å². The number of fused-ring (bicyclic) bond motifs is 10. The Morgan fingerprint density at radius 2 is 1.69 bits per heavy atom. The molecule has 5 N–H and O–H groups in total. The molecule has 0 radical (unpaired) electrons. The molecule has 176 valence electrons. The quantitative estimate of drug-likeness (QED) is 0.251. The number of imide groups is 1. The van der Waals surface area contributed by atoms with Crippen LogP contribution in [-0.2, 0) is 0 Å². The van der Waals surface area contributed by atoms with Crippen molar-refractivity contribution in [3.05, 3.63) is 53.6 Å². The molecule has 0 spiro atoms. The number of rotatable bonds is 2. The average molecular weight is 471 g/mol. The van der Waals surface area contributed by atoms with Crippen LogP contribution >= 0.6 is 0 Å². The van der Waals surface area contributed by atoms with Crippen LogP contribution in [0.5, 0.6) is 5.75 Å². The van der Waals surface area contributed by atoms with Crippen LogP contribution in [0.1, 0.15) is 33.2 Å². The molecule has 1 aliphatic carbocycles. The van der Waals surface area contributed by atoms with E-state index in [2.05, 4.69) is 10.3 Å². The van der Waals surface area contributed by atoms with Crippen LogP contribution in [0.15, 0.2) is 42.5 Å². The van der Waals surface area contributed by atoms with Crippen molar-refractivity contribution >= 4 is 55.4 Å². The van der Waals surface area contributed by atoms with E-state index in [1.54, 1.807) is 19.2 Å². The van der Waals surface area contributed by atoms with Crippen molar-refractivity contribution in [2.45, 2.75) is 30.8 Å². The first-order valence-electron chi connectivity index (χ1n) is 11.4. The molecule has 1 fully saturated rings. The molecule has 2 amide bonds. The number of H-pyrrole nitrogens is 1. The third-order valence-electron chi connectivity index (χ3n) is 7.54. The van der Waals surface area contributed by atoms with Crippen molar-refractivity contribution in [1.29, 1.82) is 0 Å². The SMILES string of the molecule is COc1ccc2c(c1)c1c3c(c4c5ccccc5[nH]c4c1n2C1C[C@H](O)[C@@H](O)[C@H]1O)C(=O)NC3=O. The van der Waals surface area contributed by atoms with Gasteiger partial charge in [-0.15, -0.1) is 0 Å². The number of aliphatic hydroxyl groups is 3. The number of aromatic amines is 1. The number of aromatic nitrogens is 2. The Morgan fingerprint density at radius 3 is 2.40 bits per heavy atom. The zero-order valence-corrected chi connectivity index (χ0v) is 18.6. The molecule has 2 aliphatic rings. The van der Waals surface area contributed by atoms with E-state index in [1.165, 1.54) is 0 Å². The Labute approximate surface area is 197 Å². The summed E-state index contributed by atoms with van der Waals surface area (Å²) >= 11 is 0. The molecule has 7 rings (SSSR count). The van der Waals surface area contributed by atoms with Crippen molar-refractivity contribution in [3.63, 3.8) is 0 Å². The van der Waals surface area contributed by atoms with E-state index in [0.29, 0.717) is 44.0 Å². The van der Waals surface area contributed by atoms with Crippen molar-refractivity contribution in [1.82, 2.24) is 14.9 Å². The zero-order chi connectivity index (χ0) is 24.2. The van der Waals surface area contributed by atoms with Crippen LogP contribution in [-0.4, -0.2) is 62.1 Å². The Bertz CT molecular complexity index is 1750. The average Bonchev–Trinajstić information content (AvgIpc) is 3.55. The van der Waals surface area contributed by atoms with Gasteiger partial charge >= 0.3 is 0 Å². The van der Waals surface area contributed by atoms with Crippen molar-refractivity contribution in [3.8, 4) is 5.75 Å². The molecule has 3 heterocycles. The molecule has 0 bridgehead atoms. The van der Waals surface area contributed by atoms with Crippen LogP contribution in [0.3, 0.4) is 0 Å². The number of nitrogens with one attached hydrogen (secondary N) is 2. The van der Waals surface area contributed by atoms with E-state index < -0.39 is 36.2 Å². The van der Waals surface area contributed by atoms with E-state index in [-0.39, 0.29) is 12.0 Å². The number of para-hydroxylation sites is 1. The summed E-state index contributed by atoms with van der Waals surface area (Å²) in [5.41, 5.74) is 3.32. The first kappa shape index (κ1) is 20.5. The number of carbonyl (C=O) groups is 2. The monoisotopic (exact) mass is 471 g/mol. The fraction of sp³-hybridized carbons (Fsp3) is 0.231. The number of carbonyl (C=O) groups excluding carboxylic acids is 2. The summed E-state index contributed by atoms with van der Waals surface area (Å²) < 4.78 is 7.33. The number of methoxy groups -OCH3 is 1. The number of aliphatic hydroxyl groups excluding tert-OH is 3. The summed E-state index contributed by atoms with van der Waals surface area (Å²) in [5, 5.41) is 36.8. The number of nitrogens with zero attached hydrogens (tertiary/aromatic N) is 1. The van der Waals surface area contributed by atoms with Crippen LogP contribution in [0, 0.1) is 0 Å². The third kappa shape index (κ3) is 2.47. The van der Waals surface area contributed by atoms with Gasteiger partial charge in [0.2, 0.25) is 0 Å². The van der Waals surface area contributed by atoms with E-state index in [1.807, 2.05) is 34.9 Å². The summed E-state index contributed by atoms with van der Waals surface area (Å²) in [6.45, 7) is 0. The molecule has 9 heteroatoms. The third-order valence-corrected chi connectivity index (χ3v) is 7.54. The summed E-state index contributed by atoms with van der Waals surface area (Å²) in [6.07, 6.45) is -3.51. The topological polar surface area (TPSA) is 137 Å². The van der Waals surface area contributed by atoms with Gasteiger partial charge in [-0.1, -0.05) is 18.2 Å². The molecular formula is C26H21N3O6. The standard InChI is InChI=1S/C26H21N3O6/c1-35-10-6-7-14-12(8-10)18-20-19(25(33)28-26(20)34)17-11-4-2-3-5-13(11)27-21(17)22(18)29(14)15-9-16(30)24(32)23(15)31/h2-8,15-16,23-24,27,30-32H,9H2,1H3,(H,28,33,34)/t15?,16-,23-,24+/m0/s1. The molecule has 1 saturated carbocycles. The van der Waals surface area contributed by atoms with Gasteiger partial charge in [0.1, 0.15) is 18.0 Å². The first-order valence-corrected chi connectivity index (χ1v) is 11.4.